The maximum Gasteiger partial charge on any atom is 0.573 e. The Labute approximate surface area is 184 Å². The molecule has 2 aromatic carbocycles. The zero-order valence-corrected chi connectivity index (χ0v) is 17.3. The van der Waals surface area contributed by atoms with E-state index in [-0.39, 0.29) is 30.8 Å². The molecule has 0 saturated carbocycles. The molecule has 31 heavy (non-hydrogen) atoms. The largest absolute Gasteiger partial charge is 0.573 e. The van der Waals surface area contributed by atoms with Crippen molar-refractivity contribution < 1.29 is 27.5 Å². The van der Waals surface area contributed by atoms with Crippen LogP contribution in [0.1, 0.15) is 9.67 Å². The molecule has 0 spiro atoms. The lowest BCUT2D eigenvalue weighted by Gasteiger charge is -2.11. The lowest BCUT2D eigenvalue weighted by molar-refractivity contribution is -0.274. The number of carbonyl (C=O) groups excluding carboxylic acids is 2. The van der Waals surface area contributed by atoms with E-state index in [0.717, 1.165) is 11.3 Å². The number of hydrogen-bond acceptors (Lipinski definition) is 4. The average Bonchev–Trinajstić information content (AvgIpc) is 3.33. The highest BCUT2D eigenvalue weighted by Crippen LogP contribution is 2.41. The van der Waals surface area contributed by atoms with Crippen LogP contribution in [0.5, 0.6) is 5.75 Å². The van der Waals surface area contributed by atoms with E-state index in [1.807, 2.05) is 0 Å². The van der Waals surface area contributed by atoms with Crippen LogP contribution >= 0.6 is 22.9 Å². The minimum atomic E-state index is -4.82. The Morgan fingerprint density at radius 3 is 2.52 bits per heavy atom. The normalized spacial score (nSPS) is 13.9. The minimum absolute atomic E-state index is 0.0481. The fourth-order valence-electron chi connectivity index (χ4n) is 3.18. The van der Waals surface area contributed by atoms with Crippen LogP contribution < -0.4 is 10.1 Å². The van der Waals surface area contributed by atoms with Gasteiger partial charge in [0.05, 0.1) is 11.5 Å². The number of benzene rings is 2. The van der Waals surface area contributed by atoms with Crippen molar-refractivity contribution in [2.75, 3.05) is 13.2 Å². The molecule has 3 aromatic rings. The summed E-state index contributed by atoms with van der Waals surface area (Å²) in [7, 11) is 0. The van der Waals surface area contributed by atoms with Crippen molar-refractivity contribution in [3.8, 4) is 27.3 Å². The Morgan fingerprint density at radius 1 is 1.10 bits per heavy atom. The zero-order valence-electron chi connectivity index (χ0n) is 15.7. The molecule has 1 aliphatic heterocycles. The molecule has 160 valence electrons. The van der Waals surface area contributed by atoms with Gasteiger partial charge in [-0.2, -0.15) is 0 Å². The van der Waals surface area contributed by atoms with Crippen LogP contribution in [0.2, 0.25) is 5.02 Å². The van der Waals surface area contributed by atoms with Crippen LogP contribution in [-0.4, -0.2) is 36.3 Å². The number of hydrogen-bond donors (Lipinski definition) is 1. The van der Waals surface area contributed by atoms with Crippen molar-refractivity contribution in [3.63, 3.8) is 0 Å². The van der Waals surface area contributed by atoms with Crippen LogP contribution in [0.15, 0.2) is 54.6 Å². The van der Waals surface area contributed by atoms with E-state index >= 15 is 0 Å². The van der Waals surface area contributed by atoms with Gasteiger partial charge in [0.1, 0.15) is 12.3 Å². The number of carbonyl (C=O) groups is 2. The van der Waals surface area contributed by atoms with Gasteiger partial charge in [0.2, 0.25) is 5.91 Å². The summed E-state index contributed by atoms with van der Waals surface area (Å²) in [6, 6.07) is 14.2. The van der Waals surface area contributed by atoms with Crippen molar-refractivity contribution >= 4 is 34.8 Å². The molecule has 0 bridgehead atoms. The maximum atomic E-state index is 12.9. The van der Waals surface area contributed by atoms with Crippen LogP contribution in [0.3, 0.4) is 0 Å². The highest BCUT2D eigenvalue weighted by molar-refractivity contribution is 7.18. The second kappa shape index (κ2) is 8.24. The number of nitrogens with zero attached hydrogens (tertiary/aromatic N) is 1. The molecular weight excluding hydrogens is 453 g/mol. The number of rotatable bonds is 4. The molecule has 2 amide bonds. The van der Waals surface area contributed by atoms with E-state index in [1.165, 1.54) is 23.1 Å². The number of ether oxygens (including phenoxy) is 1. The van der Waals surface area contributed by atoms with Gasteiger partial charge in [-0.1, -0.05) is 35.9 Å². The molecular formula is C21H14ClF3N2O3S. The third kappa shape index (κ3) is 4.83. The summed E-state index contributed by atoms with van der Waals surface area (Å²) in [6.07, 6.45) is -4.82. The minimum Gasteiger partial charge on any atom is -0.406 e. The number of amides is 2. The van der Waals surface area contributed by atoms with Gasteiger partial charge in [0, 0.05) is 15.5 Å². The Bertz CT molecular complexity index is 1160. The Balaban J connectivity index is 1.79. The quantitative estimate of drug-likeness (QED) is 0.577. The first-order valence-electron chi connectivity index (χ1n) is 9.01. The van der Waals surface area contributed by atoms with Crippen molar-refractivity contribution in [2.24, 2.45) is 0 Å². The van der Waals surface area contributed by atoms with Gasteiger partial charge < -0.3 is 15.0 Å². The predicted molar refractivity (Wildman–Crippen MR) is 111 cm³/mol. The van der Waals surface area contributed by atoms with Crippen molar-refractivity contribution in [2.45, 2.75) is 6.36 Å². The second-order valence-corrected chi connectivity index (χ2v) is 8.19. The molecule has 4 rings (SSSR count). The molecule has 1 N–H and O–H groups in total. The number of nitrogens with one attached hydrogen (secondary N) is 1. The lowest BCUT2D eigenvalue weighted by atomic mass is 10.0. The standard InChI is InChI=1S/C21H14ClF3N2O3S/c22-14-5-1-3-12(7-14)16-9-17(20(29)27-10-18(28)26-11-27)31-19(16)13-4-2-6-15(8-13)30-21(23,24)25/h1-9H,10-11H2,(H,26,28). The third-order valence-electron chi connectivity index (χ3n) is 4.50. The van der Waals surface area contributed by atoms with Crippen LogP contribution in [0, 0.1) is 0 Å². The topological polar surface area (TPSA) is 58.6 Å². The van der Waals surface area contributed by atoms with Gasteiger partial charge in [0.15, 0.2) is 0 Å². The van der Waals surface area contributed by atoms with Gasteiger partial charge in [-0.3, -0.25) is 9.59 Å². The van der Waals surface area contributed by atoms with Gasteiger partial charge in [0.25, 0.3) is 5.91 Å². The number of halogens is 4. The molecule has 1 aromatic heterocycles. The van der Waals surface area contributed by atoms with Gasteiger partial charge in [-0.05, 0) is 41.5 Å². The maximum absolute atomic E-state index is 12.9. The summed E-state index contributed by atoms with van der Waals surface area (Å²) in [4.78, 5) is 26.7. The van der Waals surface area contributed by atoms with Gasteiger partial charge >= 0.3 is 6.36 Å². The molecule has 0 atom stereocenters. The summed E-state index contributed by atoms with van der Waals surface area (Å²) < 4.78 is 42.0. The zero-order chi connectivity index (χ0) is 22.2. The molecule has 5 nitrogen and oxygen atoms in total. The molecule has 0 radical (unpaired) electrons. The Morgan fingerprint density at radius 2 is 1.84 bits per heavy atom. The molecule has 0 unspecified atom stereocenters. The van der Waals surface area contributed by atoms with Crippen molar-refractivity contribution in [1.82, 2.24) is 10.2 Å². The van der Waals surface area contributed by atoms with Gasteiger partial charge in [-0.25, -0.2) is 0 Å². The first kappa shape index (κ1) is 21.2. The van der Waals surface area contributed by atoms with Gasteiger partial charge in [-0.15, -0.1) is 24.5 Å². The van der Waals surface area contributed by atoms with E-state index in [1.54, 1.807) is 36.4 Å². The summed E-state index contributed by atoms with van der Waals surface area (Å²) in [5.41, 5.74) is 1.80. The van der Waals surface area contributed by atoms with E-state index in [4.69, 9.17) is 11.6 Å². The Kier molecular flexibility index (Phi) is 5.63. The predicted octanol–water partition coefficient (Wildman–Crippen LogP) is 5.16. The fraction of sp³-hybridized carbons (Fsp3) is 0.143. The highest BCUT2D eigenvalue weighted by atomic mass is 35.5. The molecule has 1 aliphatic rings. The lowest BCUT2D eigenvalue weighted by Crippen LogP contribution is -2.28. The monoisotopic (exact) mass is 466 g/mol. The van der Waals surface area contributed by atoms with Crippen LogP contribution in [-0.2, 0) is 4.79 Å². The van der Waals surface area contributed by atoms with E-state index in [9.17, 15) is 22.8 Å². The third-order valence-corrected chi connectivity index (χ3v) is 5.90. The van der Waals surface area contributed by atoms with Crippen molar-refractivity contribution in [1.29, 1.82) is 0 Å². The van der Waals surface area contributed by atoms with E-state index < -0.39 is 6.36 Å². The SMILES string of the molecule is O=C1CN(C(=O)c2cc(-c3cccc(Cl)c3)c(-c3cccc(OC(F)(F)F)c3)s2)CN1. The molecule has 1 fully saturated rings. The van der Waals surface area contributed by atoms with Crippen molar-refractivity contribution in [3.05, 3.63) is 64.5 Å². The molecule has 1 saturated heterocycles. The number of thiophene rings is 1. The summed E-state index contributed by atoms with van der Waals surface area (Å²) >= 11 is 7.24. The molecule has 0 aliphatic carbocycles. The van der Waals surface area contributed by atoms with Crippen LogP contribution in [0.25, 0.3) is 21.6 Å². The Hall–Kier alpha value is -3.04. The smallest absolute Gasteiger partial charge is 0.406 e. The summed E-state index contributed by atoms with van der Waals surface area (Å²) in [6.45, 7) is 0.0553. The molecule has 10 heteroatoms. The summed E-state index contributed by atoms with van der Waals surface area (Å²) in [5.74, 6) is -0.963. The summed E-state index contributed by atoms with van der Waals surface area (Å²) in [5, 5.41) is 3.05. The number of alkyl halides is 3. The first-order valence-corrected chi connectivity index (χ1v) is 10.2. The van der Waals surface area contributed by atoms with E-state index in [2.05, 4.69) is 10.1 Å². The average molecular weight is 467 g/mol. The van der Waals surface area contributed by atoms with E-state index in [0.29, 0.717) is 31.5 Å². The second-order valence-electron chi connectivity index (χ2n) is 6.70. The van der Waals surface area contributed by atoms with Crippen LogP contribution in [0.4, 0.5) is 13.2 Å². The first-order chi connectivity index (χ1) is 14.7. The molecule has 2 heterocycles. The highest BCUT2D eigenvalue weighted by Gasteiger charge is 2.31. The fourth-order valence-corrected chi connectivity index (χ4v) is 4.52.